The summed E-state index contributed by atoms with van der Waals surface area (Å²) >= 11 is 0. The van der Waals surface area contributed by atoms with Crippen LogP contribution in [0.5, 0.6) is 0 Å². The molecule has 2 aromatic heterocycles. The van der Waals surface area contributed by atoms with Gasteiger partial charge in [-0.3, -0.25) is 4.79 Å². The van der Waals surface area contributed by atoms with Crippen molar-refractivity contribution in [2.24, 2.45) is 7.05 Å². The molecule has 1 aliphatic rings. The number of hydrogen-bond donors (Lipinski definition) is 1. The summed E-state index contributed by atoms with van der Waals surface area (Å²) in [6.07, 6.45) is 3.50. The predicted molar refractivity (Wildman–Crippen MR) is 77.3 cm³/mol. The van der Waals surface area contributed by atoms with E-state index < -0.39 is 0 Å². The average Bonchev–Trinajstić information content (AvgIpc) is 3.24. The second-order valence-corrected chi connectivity index (χ2v) is 5.26. The predicted octanol–water partition coefficient (Wildman–Crippen LogP) is 0.133. The quantitative estimate of drug-likeness (QED) is 0.849. The summed E-state index contributed by atoms with van der Waals surface area (Å²) in [6.45, 7) is 1.48. The molecule has 0 unspecified atom stereocenters. The topological polar surface area (TPSA) is 83.2 Å². The summed E-state index contributed by atoms with van der Waals surface area (Å²) in [4.78, 5) is 12.1. The van der Waals surface area contributed by atoms with Crippen molar-refractivity contribution < 1.29 is 14.3 Å². The van der Waals surface area contributed by atoms with Crippen LogP contribution in [0.4, 0.5) is 0 Å². The molecule has 2 atom stereocenters. The van der Waals surface area contributed by atoms with E-state index in [1.165, 1.54) is 0 Å². The van der Waals surface area contributed by atoms with E-state index in [9.17, 15) is 4.79 Å². The number of ether oxygens (including phenoxy) is 2. The number of carbonyl (C=O) groups excluding carboxylic acids is 1. The van der Waals surface area contributed by atoms with E-state index in [4.69, 9.17) is 9.47 Å². The molecule has 1 aliphatic heterocycles. The van der Waals surface area contributed by atoms with E-state index in [2.05, 4.69) is 15.6 Å². The van der Waals surface area contributed by atoms with Crippen LogP contribution in [0.2, 0.25) is 0 Å². The molecule has 0 radical (unpaired) electrons. The maximum absolute atomic E-state index is 12.1. The number of hydrogen-bond acceptors (Lipinski definition) is 5. The fraction of sp³-hybridized carbons (Fsp3) is 0.500. The second-order valence-electron chi connectivity index (χ2n) is 5.26. The summed E-state index contributed by atoms with van der Waals surface area (Å²) < 4.78 is 14.3. The van der Waals surface area contributed by atoms with Crippen molar-refractivity contribution in [2.45, 2.75) is 18.7 Å². The van der Waals surface area contributed by atoms with Crippen LogP contribution in [0.1, 0.15) is 22.2 Å². The molecule has 2 aromatic rings. The number of amides is 1. The Morgan fingerprint density at radius 3 is 3.14 bits per heavy atom. The van der Waals surface area contributed by atoms with Gasteiger partial charge in [0.2, 0.25) is 0 Å². The third-order valence-electron chi connectivity index (χ3n) is 3.87. The Morgan fingerprint density at radius 2 is 2.41 bits per heavy atom. The molecule has 1 N–H and O–H groups in total. The molecule has 3 heterocycles. The van der Waals surface area contributed by atoms with Crippen LogP contribution in [-0.2, 0) is 23.1 Å². The van der Waals surface area contributed by atoms with E-state index in [0.29, 0.717) is 19.8 Å². The molecule has 1 amide bonds. The molecular weight excluding hydrogens is 286 g/mol. The molecule has 1 fully saturated rings. The molecule has 8 heteroatoms. The smallest absolute Gasteiger partial charge is 0.273 e. The van der Waals surface area contributed by atoms with E-state index >= 15 is 0 Å². The van der Waals surface area contributed by atoms with Crippen LogP contribution in [-0.4, -0.2) is 51.9 Å². The zero-order valence-corrected chi connectivity index (χ0v) is 12.6. The van der Waals surface area contributed by atoms with Gasteiger partial charge >= 0.3 is 0 Å². The normalized spacial score (nSPS) is 21.2. The first kappa shape index (κ1) is 14.7. The van der Waals surface area contributed by atoms with Crippen molar-refractivity contribution in [2.75, 3.05) is 20.3 Å². The Bertz CT molecular complexity index is 650. The summed E-state index contributed by atoms with van der Waals surface area (Å²) in [5, 5.41) is 10.8. The number of nitrogens with one attached hydrogen (secondary N) is 1. The zero-order chi connectivity index (χ0) is 15.5. The monoisotopic (exact) mass is 305 g/mol. The molecule has 0 spiro atoms. The highest BCUT2D eigenvalue weighted by atomic mass is 16.5. The van der Waals surface area contributed by atoms with Gasteiger partial charge in [0.1, 0.15) is 12.1 Å². The molecule has 3 rings (SSSR count). The highest BCUT2D eigenvalue weighted by molar-refractivity contribution is 5.91. The highest BCUT2D eigenvalue weighted by Gasteiger charge is 2.31. The standard InChI is InChI=1S/C14H19N5O3/c1-18-5-3-4-10(18)6-15-14(20)11-7-19(17-16-11)12-8-22-9-13(12)21-2/h3-5,7,12-13H,6,8-9H2,1-2H3,(H,15,20)/t12-,13-/m1/s1. The first-order valence-corrected chi connectivity index (χ1v) is 7.10. The third kappa shape index (κ3) is 2.88. The summed E-state index contributed by atoms with van der Waals surface area (Å²) in [7, 11) is 3.57. The lowest BCUT2D eigenvalue weighted by Gasteiger charge is -2.15. The number of methoxy groups -OCH3 is 1. The minimum Gasteiger partial charge on any atom is -0.377 e. The van der Waals surface area contributed by atoms with E-state index in [1.54, 1.807) is 18.0 Å². The van der Waals surface area contributed by atoms with Crippen molar-refractivity contribution in [3.8, 4) is 0 Å². The lowest BCUT2D eigenvalue weighted by Crippen LogP contribution is -2.25. The van der Waals surface area contributed by atoms with Gasteiger partial charge in [0.05, 0.1) is 26.0 Å². The lowest BCUT2D eigenvalue weighted by molar-refractivity contribution is 0.0661. The van der Waals surface area contributed by atoms with Crippen LogP contribution in [0, 0.1) is 0 Å². The zero-order valence-electron chi connectivity index (χ0n) is 12.6. The first-order valence-electron chi connectivity index (χ1n) is 7.10. The number of carbonyl (C=O) groups is 1. The molecule has 0 aliphatic carbocycles. The highest BCUT2D eigenvalue weighted by Crippen LogP contribution is 2.21. The number of rotatable bonds is 5. The number of aromatic nitrogens is 4. The minimum atomic E-state index is -0.250. The van der Waals surface area contributed by atoms with Crippen LogP contribution in [0.3, 0.4) is 0 Å². The summed E-state index contributed by atoms with van der Waals surface area (Å²) in [5.41, 5.74) is 1.31. The Morgan fingerprint density at radius 1 is 1.55 bits per heavy atom. The van der Waals surface area contributed by atoms with Gasteiger partial charge in [-0.2, -0.15) is 0 Å². The minimum absolute atomic E-state index is 0.0491. The molecule has 8 nitrogen and oxygen atoms in total. The van der Waals surface area contributed by atoms with Gasteiger partial charge in [0.25, 0.3) is 5.91 Å². The molecule has 1 saturated heterocycles. The summed E-state index contributed by atoms with van der Waals surface area (Å²) in [5.74, 6) is -0.250. The fourth-order valence-corrected chi connectivity index (χ4v) is 2.48. The Kier molecular flexibility index (Phi) is 4.21. The van der Waals surface area contributed by atoms with Gasteiger partial charge in [0, 0.05) is 26.0 Å². The van der Waals surface area contributed by atoms with Gasteiger partial charge in [-0.15, -0.1) is 5.10 Å². The average molecular weight is 305 g/mol. The fourth-order valence-electron chi connectivity index (χ4n) is 2.48. The number of aryl methyl sites for hydroxylation is 1. The largest absolute Gasteiger partial charge is 0.377 e. The van der Waals surface area contributed by atoms with E-state index in [-0.39, 0.29) is 23.7 Å². The van der Waals surface area contributed by atoms with Crippen molar-refractivity contribution >= 4 is 5.91 Å². The number of nitrogens with zero attached hydrogens (tertiary/aromatic N) is 4. The van der Waals surface area contributed by atoms with Gasteiger partial charge in [-0.05, 0) is 12.1 Å². The van der Waals surface area contributed by atoms with Crippen LogP contribution in [0.25, 0.3) is 0 Å². The molecule has 0 saturated carbocycles. The van der Waals surface area contributed by atoms with E-state index in [0.717, 1.165) is 5.69 Å². The van der Waals surface area contributed by atoms with E-state index in [1.807, 2.05) is 29.9 Å². The van der Waals surface area contributed by atoms with Gasteiger partial charge in [-0.1, -0.05) is 5.21 Å². The summed E-state index contributed by atoms with van der Waals surface area (Å²) in [6, 6.07) is 3.84. The van der Waals surface area contributed by atoms with Gasteiger partial charge in [0.15, 0.2) is 5.69 Å². The van der Waals surface area contributed by atoms with Crippen LogP contribution in [0.15, 0.2) is 24.5 Å². The van der Waals surface area contributed by atoms with Crippen LogP contribution >= 0.6 is 0 Å². The first-order chi connectivity index (χ1) is 10.7. The SMILES string of the molecule is CO[C@@H]1COC[C@H]1n1cc(C(=O)NCc2cccn2C)nn1. The molecule has 118 valence electrons. The molecule has 0 aromatic carbocycles. The maximum atomic E-state index is 12.1. The van der Waals surface area contributed by atoms with Crippen molar-refractivity contribution in [1.82, 2.24) is 24.9 Å². The molecule has 22 heavy (non-hydrogen) atoms. The Hall–Kier alpha value is -2.19. The van der Waals surface area contributed by atoms with Crippen molar-refractivity contribution in [3.05, 3.63) is 35.9 Å². The van der Waals surface area contributed by atoms with Crippen LogP contribution < -0.4 is 5.32 Å². The van der Waals surface area contributed by atoms with Crippen molar-refractivity contribution in [3.63, 3.8) is 0 Å². The maximum Gasteiger partial charge on any atom is 0.273 e. The molecule has 0 bridgehead atoms. The Balaban J connectivity index is 1.63. The van der Waals surface area contributed by atoms with Gasteiger partial charge < -0.3 is 19.4 Å². The lowest BCUT2D eigenvalue weighted by atomic mass is 10.2. The third-order valence-corrected chi connectivity index (χ3v) is 3.87. The van der Waals surface area contributed by atoms with Crippen molar-refractivity contribution in [1.29, 1.82) is 0 Å². The molecular formula is C14H19N5O3. The van der Waals surface area contributed by atoms with Gasteiger partial charge in [-0.25, -0.2) is 4.68 Å². The second kappa shape index (κ2) is 6.29. The Labute approximate surface area is 128 Å².